The van der Waals surface area contributed by atoms with Gasteiger partial charge in [0.05, 0.1) is 11.6 Å². The molecule has 0 saturated carbocycles. The third kappa shape index (κ3) is 3.00. The molecule has 108 valence electrons. The number of hydrogen-bond acceptors (Lipinski definition) is 3. The van der Waals surface area contributed by atoms with Crippen LogP contribution in [0.1, 0.15) is 44.1 Å². The summed E-state index contributed by atoms with van der Waals surface area (Å²) >= 11 is 0. The number of aromatic nitrogens is 1. The van der Waals surface area contributed by atoms with E-state index in [0.717, 1.165) is 35.0 Å². The highest BCUT2D eigenvalue weighted by Crippen LogP contribution is 2.27. The molecular weight excluding hydrogens is 250 g/mol. The zero-order chi connectivity index (χ0) is 14.7. The van der Waals surface area contributed by atoms with Gasteiger partial charge in [-0.3, -0.25) is 4.98 Å². The van der Waals surface area contributed by atoms with Crippen molar-refractivity contribution in [3.8, 4) is 0 Å². The number of aliphatic hydroxyl groups excluding tert-OH is 2. The molecule has 1 aromatic carbocycles. The molecule has 3 nitrogen and oxygen atoms in total. The summed E-state index contributed by atoms with van der Waals surface area (Å²) in [5, 5.41) is 21.6. The molecule has 1 aromatic heterocycles. The molecule has 2 rings (SSSR count). The van der Waals surface area contributed by atoms with Gasteiger partial charge in [-0.25, -0.2) is 0 Å². The number of nitrogens with zero attached hydrogens (tertiary/aromatic N) is 1. The van der Waals surface area contributed by atoms with Gasteiger partial charge in [0, 0.05) is 11.1 Å². The molecule has 3 heteroatoms. The Morgan fingerprint density at radius 1 is 1.05 bits per heavy atom. The van der Waals surface area contributed by atoms with Crippen molar-refractivity contribution >= 4 is 10.9 Å². The number of fused-ring (bicyclic) bond motifs is 1. The maximum absolute atomic E-state index is 10.4. The molecular formula is C17H23NO2. The molecule has 2 aromatic rings. The van der Waals surface area contributed by atoms with Gasteiger partial charge in [0.15, 0.2) is 0 Å². The van der Waals surface area contributed by atoms with Crippen molar-refractivity contribution in [1.82, 2.24) is 4.98 Å². The minimum absolute atomic E-state index is 0.122. The van der Waals surface area contributed by atoms with E-state index >= 15 is 0 Å². The summed E-state index contributed by atoms with van der Waals surface area (Å²) in [5.41, 5.74) is 2.64. The fourth-order valence-electron chi connectivity index (χ4n) is 2.66. The van der Waals surface area contributed by atoms with Gasteiger partial charge in [0.25, 0.3) is 0 Å². The van der Waals surface area contributed by atoms with Crippen LogP contribution in [0.2, 0.25) is 0 Å². The molecule has 2 unspecified atom stereocenters. The third-order valence-electron chi connectivity index (χ3n) is 4.05. The van der Waals surface area contributed by atoms with Crippen LogP contribution in [0.5, 0.6) is 0 Å². The van der Waals surface area contributed by atoms with Crippen LogP contribution in [0.4, 0.5) is 0 Å². The summed E-state index contributed by atoms with van der Waals surface area (Å²) in [6.07, 6.45) is 0.165. The van der Waals surface area contributed by atoms with E-state index < -0.39 is 12.2 Å². The van der Waals surface area contributed by atoms with Crippen LogP contribution in [0.3, 0.4) is 0 Å². The SMILES string of the molecule is CCC(CC)C(O)C(O)c1ccc2nc(C)ccc2c1. The fourth-order valence-corrected chi connectivity index (χ4v) is 2.66. The number of aryl methyl sites for hydroxylation is 1. The van der Waals surface area contributed by atoms with Crippen LogP contribution in [0.15, 0.2) is 30.3 Å². The van der Waals surface area contributed by atoms with Gasteiger partial charge in [0.1, 0.15) is 6.10 Å². The first-order chi connectivity index (χ1) is 9.56. The number of rotatable bonds is 5. The van der Waals surface area contributed by atoms with E-state index in [0.29, 0.717) is 0 Å². The molecule has 2 atom stereocenters. The largest absolute Gasteiger partial charge is 0.390 e. The van der Waals surface area contributed by atoms with Crippen molar-refractivity contribution in [2.75, 3.05) is 0 Å². The summed E-state index contributed by atoms with van der Waals surface area (Å²) in [6, 6.07) is 9.62. The highest BCUT2D eigenvalue weighted by Gasteiger charge is 2.25. The molecule has 0 aliphatic rings. The first kappa shape index (κ1) is 14.9. The summed E-state index contributed by atoms with van der Waals surface area (Å²) in [4.78, 5) is 4.44. The van der Waals surface area contributed by atoms with Crippen LogP contribution in [-0.4, -0.2) is 21.3 Å². The van der Waals surface area contributed by atoms with E-state index in [-0.39, 0.29) is 5.92 Å². The Morgan fingerprint density at radius 2 is 1.75 bits per heavy atom. The molecule has 20 heavy (non-hydrogen) atoms. The van der Waals surface area contributed by atoms with Crippen LogP contribution in [-0.2, 0) is 0 Å². The summed E-state index contributed by atoms with van der Waals surface area (Å²) in [6.45, 7) is 6.04. The Kier molecular flexibility index (Phi) is 4.73. The minimum atomic E-state index is -0.842. The molecule has 1 heterocycles. The Bertz CT molecular complexity index is 578. The second kappa shape index (κ2) is 6.33. The molecule has 0 amide bonds. The van der Waals surface area contributed by atoms with Crippen molar-refractivity contribution in [3.05, 3.63) is 41.6 Å². The van der Waals surface area contributed by atoms with E-state index in [1.165, 1.54) is 0 Å². The summed E-state index contributed by atoms with van der Waals surface area (Å²) < 4.78 is 0. The third-order valence-corrected chi connectivity index (χ3v) is 4.05. The number of aliphatic hydroxyl groups is 2. The van der Waals surface area contributed by atoms with Crippen LogP contribution < -0.4 is 0 Å². The Morgan fingerprint density at radius 3 is 2.40 bits per heavy atom. The molecule has 0 spiro atoms. The van der Waals surface area contributed by atoms with E-state index in [1.54, 1.807) is 0 Å². The van der Waals surface area contributed by atoms with Gasteiger partial charge in [-0.05, 0) is 36.6 Å². The first-order valence-electron chi connectivity index (χ1n) is 7.30. The normalized spacial score (nSPS) is 14.7. The lowest BCUT2D eigenvalue weighted by Crippen LogP contribution is -2.27. The zero-order valence-electron chi connectivity index (χ0n) is 12.4. The summed E-state index contributed by atoms with van der Waals surface area (Å²) in [5.74, 6) is 0.122. The van der Waals surface area contributed by atoms with E-state index in [4.69, 9.17) is 0 Å². The predicted octanol–water partition coefficient (Wildman–Crippen LogP) is 3.37. The number of pyridine rings is 1. The van der Waals surface area contributed by atoms with Gasteiger partial charge in [0.2, 0.25) is 0 Å². The highest BCUT2D eigenvalue weighted by molar-refractivity contribution is 5.79. The molecule has 0 bridgehead atoms. The Hall–Kier alpha value is -1.45. The molecule has 0 saturated heterocycles. The van der Waals surface area contributed by atoms with E-state index in [1.807, 2.05) is 51.1 Å². The number of hydrogen-bond donors (Lipinski definition) is 2. The van der Waals surface area contributed by atoms with Gasteiger partial charge in [-0.1, -0.05) is 38.8 Å². The second-order valence-electron chi connectivity index (χ2n) is 5.42. The molecule has 0 aliphatic heterocycles. The van der Waals surface area contributed by atoms with Crippen molar-refractivity contribution in [2.24, 2.45) is 5.92 Å². The van der Waals surface area contributed by atoms with Gasteiger partial charge in [-0.2, -0.15) is 0 Å². The highest BCUT2D eigenvalue weighted by atomic mass is 16.3. The van der Waals surface area contributed by atoms with Gasteiger partial charge >= 0.3 is 0 Å². The topological polar surface area (TPSA) is 53.4 Å². The quantitative estimate of drug-likeness (QED) is 0.878. The average molecular weight is 273 g/mol. The fraction of sp³-hybridized carbons (Fsp3) is 0.471. The molecule has 0 aliphatic carbocycles. The lowest BCUT2D eigenvalue weighted by atomic mass is 9.89. The first-order valence-corrected chi connectivity index (χ1v) is 7.30. The van der Waals surface area contributed by atoms with Crippen LogP contribution in [0, 0.1) is 12.8 Å². The van der Waals surface area contributed by atoms with E-state index in [9.17, 15) is 10.2 Å². The summed E-state index contributed by atoms with van der Waals surface area (Å²) in [7, 11) is 0. The standard InChI is InChI=1S/C17H23NO2/c1-4-12(5-2)16(19)17(20)14-8-9-15-13(10-14)7-6-11(3)18-15/h6-10,12,16-17,19-20H,4-5H2,1-3H3. The Labute approximate surface area is 120 Å². The van der Waals surface area contributed by atoms with Crippen molar-refractivity contribution in [1.29, 1.82) is 0 Å². The maximum atomic E-state index is 10.4. The monoisotopic (exact) mass is 273 g/mol. The van der Waals surface area contributed by atoms with E-state index in [2.05, 4.69) is 4.98 Å². The zero-order valence-corrected chi connectivity index (χ0v) is 12.4. The van der Waals surface area contributed by atoms with Crippen molar-refractivity contribution < 1.29 is 10.2 Å². The van der Waals surface area contributed by atoms with Crippen LogP contribution in [0.25, 0.3) is 10.9 Å². The van der Waals surface area contributed by atoms with Crippen molar-refractivity contribution in [3.63, 3.8) is 0 Å². The lowest BCUT2D eigenvalue weighted by Gasteiger charge is -2.25. The molecule has 0 radical (unpaired) electrons. The average Bonchev–Trinajstić information content (AvgIpc) is 2.47. The lowest BCUT2D eigenvalue weighted by molar-refractivity contribution is -0.0208. The number of benzene rings is 1. The molecule has 0 fully saturated rings. The van der Waals surface area contributed by atoms with Gasteiger partial charge in [-0.15, -0.1) is 0 Å². The maximum Gasteiger partial charge on any atom is 0.105 e. The smallest absolute Gasteiger partial charge is 0.105 e. The Balaban J connectivity index is 2.30. The van der Waals surface area contributed by atoms with Crippen LogP contribution >= 0.6 is 0 Å². The minimum Gasteiger partial charge on any atom is -0.390 e. The van der Waals surface area contributed by atoms with Crippen molar-refractivity contribution in [2.45, 2.75) is 45.8 Å². The van der Waals surface area contributed by atoms with Gasteiger partial charge < -0.3 is 10.2 Å². The second-order valence-corrected chi connectivity index (χ2v) is 5.42. The predicted molar refractivity (Wildman–Crippen MR) is 81.5 cm³/mol. The molecule has 2 N–H and O–H groups in total.